The molecule has 0 unspecified atom stereocenters. The van der Waals surface area contributed by atoms with Crippen LogP contribution in [0.1, 0.15) is 47.2 Å². The summed E-state index contributed by atoms with van der Waals surface area (Å²) in [6.07, 6.45) is 5.24. The minimum Gasteiger partial charge on any atom is -0.480 e. The van der Waals surface area contributed by atoms with E-state index in [1.165, 1.54) is 13.3 Å². The van der Waals surface area contributed by atoms with Crippen molar-refractivity contribution in [3.63, 3.8) is 0 Å². The number of nitrogens with two attached hydrogens (primary N) is 1. The predicted molar refractivity (Wildman–Crippen MR) is 104 cm³/mol. The molecule has 1 aliphatic heterocycles. The van der Waals surface area contributed by atoms with E-state index in [0.29, 0.717) is 23.7 Å². The quantitative estimate of drug-likeness (QED) is 0.784. The molecule has 3 N–H and O–H groups in total. The number of carbonyl (C=O) groups is 1. The van der Waals surface area contributed by atoms with E-state index in [-0.39, 0.29) is 23.9 Å². The van der Waals surface area contributed by atoms with E-state index < -0.39 is 0 Å². The van der Waals surface area contributed by atoms with Crippen molar-refractivity contribution in [1.29, 1.82) is 5.26 Å². The highest BCUT2D eigenvalue weighted by Crippen LogP contribution is 2.32. The lowest BCUT2D eigenvalue weighted by atomic mass is 9.90. The van der Waals surface area contributed by atoms with Crippen LogP contribution in [0.2, 0.25) is 0 Å². The first-order chi connectivity index (χ1) is 13.6. The van der Waals surface area contributed by atoms with E-state index in [9.17, 15) is 4.79 Å². The first-order valence-electron chi connectivity index (χ1n) is 9.36. The molecule has 2 aromatic rings. The lowest BCUT2D eigenvalue weighted by Gasteiger charge is -2.35. The van der Waals surface area contributed by atoms with Crippen LogP contribution in [0, 0.1) is 11.3 Å². The van der Waals surface area contributed by atoms with Crippen LogP contribution < -0.4 is 15.8 Å². The van der Waals surface area contributed by atoms with E-state index in [1.54, 1.807) is 6.07 Å². The monoisotopic (exact) mass is 378 g/mol. The highest BCUT2D eigenvalue weighted by Gasteiger charge is 2.35. The van der Waals surface area contributed by atoms with Gasteiger partial charge in [0, 0.05) is 29.9 Å². The van der Waals surface area contributed by atoms with Gasteiger partial charge in [-0.25, -0.2) is 4.98 Å². The summed E-state index contributed by atoms with van der Waals surface area (Å²) >= 11 is 0. The van der Waals surface area contributed by atoms with E-state index in [1.807, 2.05) is 23.1 Å². The number of ether oxygens (including phenoxy) is 1. The van der Waals surface area contributed by atoms with Crippen molar-refractivity contribution in [2.75, 3.05) is 18.2 Å². The highest BCUT2D eigenvalue weighted by atomic mass is 16.5. The molecule has 0 radical (unpaired) electrons. The summed E-state index contributed by atoms with van der Waals surface area (Å²) in [5.41, 5.74) is 8.51. The van der Waals surface area contributed by atoms with Gasteiger partial charge < -0.3 is 20.7 Å². The van der Waals surface area contributed by atoms with Gasteiger partial charge in [0.1, 0.15) is 11.6 Å². The molecule has 8 heteroatoms. The van der Waals surface area contributed by atoms with Gasteiger partial charge in [0.25, 0.3) is 5.91 Å². The van der Waals surface area contributed by atoms with Crippen molar-refractivity contribution in [2.45, 2.75) is 44.3 Å². The number of hydrogen-bond donors (Lipinski definition) is 2. The molecule has 1 aromatic carbocycles. The van der Waals surface area contributed by atoms with Crippen LogP contribution >= 0.6 is 0 Å². The van der Waals surface area contributed by atoms with Gasteiger partial charge in [0.15, 0.2) is 0 Å². The number of nitriles is 1. The molecule has 1 aromatic heterocycles. The molecule has 144 valence electrons. The van der Waals surface area contributed by atoms with Gasteiger partial charge in [-0.3, -0.25) is 4.79 Å². The van der Waals surface area contributed by atoms with E-state index in [0.717, 1.165) is 36.8 Å². The Labute approximate surface area is 163 Å². The molecular formula is C20H22N6O2. The first-order valence-corrected chi connectivity index (χ1v) is 9.36. The molecule has 2 aliphatic rings. The number of methoxy groups -OCH3 is 1. The Bertz CT molecular complexity index is 954. The molecule has 28 heavy (non-hydrogen) atoms. The zero-order chi connectivity index (χ0) is 19.7. The lowest BCUT2D eigenvalue weighted by Crippen LogP contribution is -2.42. The first kappa shape index (κ1) is 18.0. The van der Waals surface area contributed by atoms with E-state index >= 15 is 0 Å². The van der Waals surface area contributed by atoms with Crippen LogP contribution in [0.4, 0.5) is 11.6 Å². The lowest BCUT2D eigenvalue weighted by molar-refractivity contribution is 0.0654. The third kappa shape index (κ3) is 3.31. The average Bonchev–Trinajstić information content (AvgIpc) is 3.04. The highest BCUT2D eigenvalue weighted by molar-refractivity contribution is 5.99. The Kier molecular flexibility index (Phi) is 4.74. The Balaban J connectivity index is 1.46. The number of nitrogens with zero attached hydrogens (tertiary/aromatic N) is 4. The average molecular weight is 378 g/mol. The number of carbonyl (C=O) groups excluding carboxylic acids is 1. The van der Waals surface area contributed by atoms with Gasteiger partial charge in [-0.15, -0.1) is 0 Å². The van der Waals surface area contributed by atoms with Crippen molar-refractivity contribution in [1.82, 2.24) is 14.9 Å². The van der Waals surface area contributed by atoms with Crippen LogP contribution in [-0.2, 0) is 6.54 Å². The third-order valence-electron chi connectivity index (χ3n) is 5.45. The third-order valence-corrected chi connectivity index (χ3v) is 5.45. The Morgan fingerprint density at radius 3 is 3.04 bits per heavy atom. The van der Waals surface area contributed by atoms with Gasteiger partial charge in [0.05, 0.1) is 13.3 Å². The second kappa shape index (κ2) is 7.35. The normalized spacial score (nSPS) is 21.1. The predicted octanol–water partition coefficient (Wildman–Crippen LogP) is 2.32. The minimum atomic E-state index is 0.0595. The molecule has 8 nitrogen and oxygen atoms in total. The fraction of sp³-hybridized carbons (Fsp3) is 0.400. The van der Waals surface area contributed by atoms with E-state index in [4.69, 9.17) is 15.7 Å². The van der Waals surface area contributed by atoms with E-state index in [2.05, 4.69) is 15.3 Å². The summed E-state index contributed by atoms with van der Waals surface area (Å²) in [6, 6.07) is 7.88. The second-order valence-corrected chi connectivity index (χ2v) is 7.24. The summed E-state index contributed by atoms with van der Waals surface area (Å²) in [5.74, 6) is 0.754. The van der Waals surface area contributed by atoms with Gasteiger partial charge in [0.2, 0.25) is 11.8 Å². The van der Waals surface area contributed by atoms with Crippen LogP contribution in [-0.4, -0.2) is 40.0 Å². The molecule has 0 saturated heterocycles. The number of aromatic nitrogens is 2. The second-order valence-electron chi connectivity index (χ2n) is 7.24. The van der Waals surface area contributed by atoms with Crippen molar-refractivity contribution in [2.24, 2.45) is 0 Å². The SMILES string of the molecule is COc1nc(N[C@@H]2CCC[C@H](N3Cc4ccc(N)cc4C3=O)C2)ncc1C#N. The topological polar surface area (TPSA) is 117 Å². The molecule has 4 rings (SSSR count). The molecule has 1 aliphatic carbocycles. The summed E-state index contributed by atoms with van der Waals surface area (Å²) in [5, 5.41) is 12.4. The number of rotatable bonds is 4. The van der Waals surface area contributed by atoms with Crippen LogP contribution in [0.25, 0.3) is 0 Å². The standard InChI is InChI=1S/C20H22N6O2/c1-28-18-13(9-21)10-23-20(25-18)24-15-3-2-4-16(8-15)26-11-12-5-6-14(22)7-17(12)19(26)27/h5-7,10,15-16H,2-4,8,11,22H2,1H3,(H,23,24,25)/t15-,16+/m1/s1. The summed E-state index contributed by atoms with van der Waals surface area (Å²) in [6.45, 7) is 0.632. The van der Waals surface area contributed by atoms with Crippen molar-refractivity contribution in [3.05, 3.63) is 41.1 Å². The van der Waals surface area contributed by atoms with Crippen molar-refractivity contribution >= 4 is 17.5 Å². The Hall–Kier alpha value is -3.34. The van der Waals surface area contributed by atoms with Crippen LogP contribution in [0.15, 0.2) is 24.4 Å². The molecule has 0 spiro atoms. The maximum absolute atomic E-state index is 12.8. The number of fused-ring (bicyclic) bond motifs is 1. The zero-order valence-electron chi connectivity index (χ0n) is 15.7. The molecule has 1 saturated carbocycles. The summed E-state index contributed by atoms with van der Waals surface area (Å²) in [7, 11) is 1.48. The Morgan fingerprint density at radius 1 is 1.39 bits per heavy atom. The molecule has 2 atom stereocenters. The number of hydrogen-bond acceptors (Lipinski definition) is 7. The maximum atomic E-state index is 12.8. The minimum absolute atomic E-state index is 0.0595. The maximum Gasteiger partial charge on any atom is 0.254 e. The van der Waals surface area contributed by atoms with Crippen LogP contribution in [0.3, 0.4) is 0 Å². The largest absolute Gasteiger partial charge is 0.480 e. The molecule has 2 heterocycles. The summed E-state index contributed by atoms with van der Waals surface area (Å²) in [4.78, 5) is 23.3. The molecular weight excluding hydrogens is 356 g/mol. The molecule has 0 bridgehead atoms. The number of benzene rings is 1. The number of nitrogens with one attached hydrogen (secondary N) is 1. The van der Waals surface area contributed by atoms with Gasteiger partial charge in [-0.1, -0.05) is 6.07 Å². The van der Waals surface area contributed by atoms with Crippen molar-refractivity contribution in [3.8, 4) is 11.9 Å². The Morgan fingerprint density at radius 2 is 2.25 bits per heavy atom. The van der Waals surface area contributed by atoms with Gasteiger partial charge in [-0.05, 0) is 43.4 Å². The fourth-order valence-corrected chi connectivity index (χ4v) is 4.06. The summed E-state index contributed by atoms with van der Waals surface area (Å²) < 4.78 is 5.15. The number of nitrogen functional groups attached to an aromatic ring is 1. The smallest absolute Gasteiger partial charge is 0.254 e. The molecule has 1 amide bonds. The van der Waals surface area contributed by atoms with Crippen LogP contribution in [0.5, 0.6) is 5.88 Å². The number of anilines is 2. The fourth-order valence-electron chi connectivity index (χ4n) is 4.06. The molecule has 1 fully saturated rings. The zero-order valence-corrected chi connectivity index (χ0v) is 15.7. The number of amides is 1. The van der Waals surface area contributed by atoms with Gasteiger partial charge >= 0.3 is 0 Å². The van der Waals surface area contributed by atoms with Crippen molar-refractivity contribution < 1.29 is 9.53 Å². The van der Waals surface area contributed by atoms with Gasteiger partial charge in [-0.2, -0.15) is 10.2 Å².